The van der Waals surface area contributed by atoms with Crippen LogP contribution in [0.4, 0.5) is 5.69 Å². The van der Waals surface area contributed by atoms with Crippen LogP contribution in [0.25, 0.3) is 22.4 Å². The van der Waals surface area contributed by atoms with E-state index in [4.69, 9.17) is 26.8 Å². The predicted octanol–water partition coefficient (Wildman–Crippen LogP) is 3.48. The van der Waals surface area contributed by atoms with Gasteiger partial charge in [0.15, 0.2) is 11.5 Å². The summed E-state index contributed by atoms with van der Waals surface area (Å²) >= 11 is 6.22. The minimum atomic E-state index is 0.549. The maximum absolute atomic E-state index is 6.22. The van der Waals surface area contributed by atoms with Gasteiger partial charge in [-0.15, -0.1) is 0 Å². The monoisotopic (exact) mass is 303 g/mol. The standard InChI is InChI=1S/C15H14ClN3O2/c1-20-13-6-11-12(7-14(13)21-2)19-15(18-11)9-4-3-8(17)5-10(9)16/h3-7H,17H2,1-2H3,(H,18,19). The van der Waals surface area contributed by atoms with E-state index in [1.807, 2.05) is 18.2 Å². The minimum absolute atomic E-state index is 0.549. The zero-order valence-electron chi connectivity index (χ0n) is 11.6. The molecule has 0 saturated carbocycles. The summed E-state index contributed by atoms with van der Waals surface area (Å²) in [5.41, 5.74) is 8.73. The number of hydrogen-bond donors (Lipinski definition) is 2. The molecule has 0 amide bonds. The van der Waals surface area contributed by atoms with Gasteiger partial charge in [0.25, 0.3) is 0 Å². The molecule has 3 aromatic rings. The van der Waals surface area contributed by atoms with Crippen molar-refractivity contribution in [1.82, 2.24) is 9.97 Å². The van der Waals surface area contributed by atoms with E-state index < -0.39 is 0 Å². The molecule has 0 bridgehead atoms. The van der Waals surface area contributed by atoms with Crippen molar-refractivity contribution in [2.75, 3.05) is 20.0 Å². The van der Waals surface area contributed by atoms with Crippen molar-refractivity contribution in [3.63, 3.8) is 0 Å². The lowest BCUT2D eigenvalue weighted by atomic mass is 10.2. The summed E-state index contributed by atoms with van der Waals surface area (Å²) in [5, 5.41) is 0.549. The summed E-state index contributed by atoms with van der Waals surface area (Å²) in [6.45, 7) is 0. The Kier molecular flexibility index (Phi) is 3.35. The Balaban J connectivity index is 2.16. The fourth-order valence-corrected chi connectivity index (χ4v) is 2.47. The number of benzene rings is 2. The van der Waals surface area contributed by atoms with E-state index in [2.05, 4.69) is 9.97 Å². The second-order valence-electron chi connectivity index (χ2n) is 4.55. The number of nitrogens with one attached hydrogen (secondary N) is 1. The molecule has 108 valence electrons. The van der Waals surface area contributed by atoms with Crippen molar-refractivity contribution in [3.05, 3.63) is 35.4 Å². The van der Waals surface area contributed by atoms with Crippen molar-refractivity contribution < 1.29 is 9.47 Å². The number of imidazole rings is 1. The van der Waals surface area contributed by atoms with E-state index in [0.717, 1.165) is 16.6 Å². The number of aromatic amines is 1. The van der Waals surface area contributed by atoms with Gasteiger partial charge in [-0.25, -0.2) is 4.98 Å². The van der Waals surface area contributed by atoms with Crippen molar-refractivity contribution >= 4 is 28.3 Å². The number of hydrogen-bond acceptors (Lipinski definition) is 4. The molecule has 2 aromatic carbocycles. The van der Waals surface area contributed by atoms with E-state index in [9.17, 15) is 0 Å². The van der Waals surface area contributed by atoms with Crippen molar-refractivity contribution in [3.8, 4) is 22.9 Å². The molecule has 1 aromatic heterocycles. The van der Waals surface area contributed by atoms with Gasteiger partial charge in [-0.3, -0.25) is 0 Å². The number of H-pyrrole nitrogens is 1. The maximum Gasteiger partial charge on any atom is 0.163 e. The fraction of sp³-hybridized carbons (Fsp3) is 0.133. The highest BCUT2D eigenvalue weighted by Gasteiger charge is 2.12. The molecule has 0 fully saturated rings. The molecule has 5 nitrogen and oxygen atoms in total. The lowest BCUT2D eigenvalue weighted by molar-refractivity contribution is 0.356. The number of fused-ring (bicyclic) bond motifs is 1. The van der Waals surface area contributed by atoms with Crippen LogP contribution in [0.3, 0.4) is 0 Å². The SMILES string of the molecule is COc1cc2nc(-c3ccc(N)cc3Cl)[nH]c2cc1OC. The summed E-state index contributed by atoms with van der Waals surface area (Å²) in [4.78, 5) is 7.77. The predicted molar refractivity (Wildman–Crippen MR) is 84.1 cm³/mol. The minimum Gasteiger partial charge on any atom is -0.493 e. The van der Waals surface area contributed by atoms with Gasteiger partial charge in [0, 0.05) is 23.4 Å². The van der Waals surface area contributed by atoms with Gasteiger partial charge in [-0.1, -0.05) is 11.6 Å². The van der Waals surface area contributed by atoms with E-state index in [1.165, 1.54) is 0 Å². The van der Waals surface area contributed by atoms with Crippen molar-refractivity contribution in [2.45, 2.75) is 0 Å². The first kappa shape index (κ1) is 13.6. The van der Waals surface area contributed by atoms with Crippen LogP contribution in [0.2, 0.25) is 5.02 Å². The highest BCUT2D eigenvalue weighted by atomic mass is 35.5. The maximum atomic E-state index is 6.22. The van der Waals surface area contributed by atoms with Crippen LogP contribution in [0.1, 0.15) is 0 Å². The van der Waals surface area contributed by atoms with Gasteiger partial charge in [-0.05, 0) is 18.2 Å². The number of nitrogen functional groups attached to an aromatic ring is 1. The third kappa shape index (κ3) is 2.36. The molecule has 3 N–H and O–H groups in total. The largest absolute Gasteiger partial charge is 0.493 e. The molecule has 0 aliphatic rings. The normalized spacial score (nSPS) is 10.8. The van der Waals surface area contributed by atoms with E-state index >= 15 is 0 Å². The van der Waals surface area contributed by atoms with Crippen LogP contribution >= 0.6 is 11.6 Å². The lowest BCUT2D eigenvalue weighted by Gasteiger charge is -2.06. The molecule has 0 radical (unpaired) electrons. The third-order valence-electron chi connectivity index (χ3n) is 3.24. The average Bonchev–Trinajstić information content (AvgIpc) is 2.87. The molecule has 0 spiro atoms. The van der Waals surface area contributed by atoms with Crippen LogP contribution in [-0.2, 0) is 0 Å². The molecular formula is C15H14ClN3O2. The number of methoxy groups -OCH3 is 2. The lowest BCUT2D eigenvalue weighted by Crippen LogP contribution is -1.89. The number of ether oxygens (including phenoxy) is 2. The smallest absolute Gasteiger partial charge is 0.163 e. The van der Waals surface area contributed by atoms with Crippen LogP contribution in [-0.4, -0.2) is 24.2 Å². The van der Waals surface area contributed by atoms with Gasteiger partial charge in [-0.2, -0.15) is 0 Å². The molecule has 0 unspecified atom stereocenters. The van der Waals surface area contributed by atoms with Crippen molar-refractivity contribution in [1.29, 1.82) is 0 Å². The summed E-state index contributed by atoms with van der Waals surface area (Å²) in [5.74, 6) is 1.94. The molecule has 6 heteroatoms. The number of rotatable bonds is 3. The summed E-state index contributed by atoms with van der Waals surface area (Å²) in [6.07, 6.45) is 0. The Morgan fingerprint density at radius 3 is 2.48 bits per heavy atom. The average molecular weight is 304 g/mol. The topological polar surface area (TPSA) is 73.2 Å². The Labute approximate surface area is 126 Å². The molecular weight excluding hydrogens is 290 g/mol. The molecule has 1 heterocycles. The van der Waals surface area contributed by atoms with Gasteiger partial charge < -0.3 is 20.2 Å². The Hall–Kier alpha value is -2.40. The van der Waals surface area contributed by atoms with E-state index in [0.29, 0.717) is 28.0 Å². The second kappa shape index (κ2) is 5.18. The van der Waals surface area contributed by atoms with Crippen LogP contribution in [0.5, 0.6) is 11.5 Å². The molecule has 0 atom stereocenters. The Bertz CT molecular complexity index is 773. The van der Waals surface area contributed by atoms with Gasteiger partial charge in [0.1, 0.15) is 5.82 Å². The number of nitrogens with two attached hydrogens (primary N) is 1. The molecule has 21 heavy (non-hydrogen) atoms. The molecule has 0 aliphatic heterocycles. The van der Waals surface area contributed by atoms with Crippen LogP contribution in [0.15, 0.2) is 30.3 Å². The van der Waals surface area contributed by atoms with Gasteiger partial charge in [0.2, 0.25) is 0 Å². The summed E-state index contributed by atoms with van der Waals surface area (Å²) < 4.78 is 10.6. The summed E-state index contributed by atoms with van der Waals surface area (Å²) in [7, 11) is 3.19. The molecule has 0 aliphatic carbocycles. The first-order chi connectivity index (χ1) is 10.1. The number of aromatic nitrogens is 2. The number of anilines is 1. The summed E-state index contributed by atoms with van der Waals surface area (Å²) in [6, 6.07) is 8.99. The fourth-order valence-electron chi connectivity index (χ4n) is 2.19. The highest BCUT2D eigenvalue weighted by Crippen LogP contribution is 2.34. The zero-order chi connectivity index (χ0) is 15.0. The first-order valence-electron chi connectivity index (χ1n) is 6.29. The third-order valence-corrected chi connectivity index (χ3v) is 3.55. The number of nitrogens with zero attached hydrogens (tertiary/aromatic N) is 1. The van der Waals surface area contributed by atoms with E-state index in [-0.39, 0.29) is 0 Å². The Morgan fingerprint density at radius 2 is 1.81 bits per heavy atom. The van der Waals surface area contributed by atoms with Gasteiger partial charge >= 0.3 is 0 Å². The van der Waals surface area contributed by atoms with E-state index in [1.54, 1.807) is 26.4 Å². The second-order valence-corrected chi connectivity index (χ2v) is 4.96. The zero-order valence-corrected chi connectivity index (χ0v) is 12.4. The molecule has 3 rings (SSSR count). The van der Waals surface area contributed by atoms with Gasteiger partial charge in [0.05, 0.1) is 30.3 Å². The Morgan fingerprint density at radius 1 is 1.10 bits per heavy atom. The van der Waals surface area contributed by atoms with Crippen molar-refractivity contribution in [2.24, 2.45) is 0 Å². The molecule has 0 saturated heterocycles. The highest BCUT2D eigenvalue weighted by molar-refractivity contribution is 6.33. The number of halogens is 1. The van der Waals surface area contributed by atoms with Crippen LogP contribution < -0.4 is 15.2 Å². The van der Waals surface area contributed by atoms with Crippen LogP contribution in [0, 0.1) is 0 Å². The first-order valence-corrected chi connectivity index (χ1v) is 6.67. The quantitative estimate of drug-likeness (QED) is 0.727.